The minimum absolute atomic E-state index is 0.0110. The van der Waals surface area contributed by atoms with Crippen LogP contribution in [0, 0.1) is 20.8 Å². The monoisotopic (exact) mass is 423 g/mol. The van der Waals surface area contributed by atoms with E-state index >= 15 is 0 Å². The zero-order valence-electron chi connectivity index (χ0n) is 18.5. The molecule has 5 heteroatoms. The summed E-state index contributed by atoms with van der Waals surface area (Å²) in [5.74, 6) is 1.04. The lowest BCUT2D eigenvalue weighted by Gasteiger charge is -2.08. The molecule has 3 aromatic carbocycles. The standard InChI is InChI=1S/C27H25N3O2/c1-17-4-11-25-23(12-17)24(15-30(25)14-21-6-5-18(2)19(3)13-21)27-28-26(29-32-27)22-9-7-20(16-31)8-10-22/h4-13,15,31H,14,16H2,1-3H3. The van der Waals surface area contributed by atoms with E-state index in [9.17, 15) is 5.11 Å². The van der Waals surface area contributed by atoms with E-state index in [4.69, 9.17) is 4.52 Å². The number of aliphatic hydroxyl groups excluding tert-OH is 1. The molecule has 1 N–H and O–H groups in total. The molecule has 0 radical (unpaired) electrons. The lowest BCUT2D eigenvalue weighted by Crippen LogP contribution is -1.98. The van der Waals surface area contributed by atoms with Gasteiger partial charge in [-0.1, -0.05) is 59.3 Å². The van der Waals surface area contributed by atoms with Crippen LogP contribution in [-0.2, 0) is 13.2 Å². The minimum atomic E-state index is 0.0110. The Morgan fingerprint density at radius 2 is 1.66 bits per heavy atom. The van der Waals surface area contributed by atoms with Gasteiger partial charge in [0.1, 0.15) is 0 Å². The second-order valence-corrected chi connectivity index (χ2v) is 8.39. The van der Waals surface area contributed by atoms with E-state index in [1.807, 2.05) is 24.3 Å². The predicted octanol–water partition coefficient (Wildman–Crippen LogP) is 5.82. The number of aliphatic hydroxyl groups is 1. The lowest BCUT2D eigenvalue weighted by atomic mass is 10.1. The SMILES string of the molecule is Cc1ccc2c(c1)c(-c1nc(-c3ccc(CO)cc3)no1)cn2Cc1ccc(C)c(C)c1. The smallest absolute Gasteiger partial charge is 0.260 e. The van der Waals surface area contributed by atoms with Crippen molar-refractivity contribution in [2.75, 3.05) is 0 Å². The second-order valence-electron chi connectivity index (χ2n) is 8.39. The summed E-state index contributed by atoms with van der Waals surface area (Å²) >= 11 is 0. The summed E-state index contributed by atoms with van der Waals surface area (Å²) in [7, 11) is 0. The van der Waals surface area contributed by atoms with Crippen molar-refractivity contribution >= 4 is 10.9 Å². The number of hydrogen-bond donors (Lipinski definition) is 1. The predicted molar refractivity (Wildman–Crippen MR) is 126 cm³/mol. The van der Waals surface area contributed by atoms with E-state index < -0.39 is 0 Å². The first-order valence-corrected chi connectivity index (χ1v) is 10.7. The second kappa shape index (κ2) is 8.09. The van der Waals surface area contributed by atoms with Crippen molar-refractivity contribution in [3.63, 3.8) is 0 Å². The molecule has 0 fully saturated rings. The zero-order valence-corrected chi connectivity index (χ0v) is 18.5. The van der Waals surface area contributed by atoms with Gasteiger partial charge in [-0.25, -0.2) is 0 Å². The Morgan fingerprint density at radius 1 is 0.875 bits per heavy atom. The summed E-state index contributed by atoms with van der Waals surface area (Å²) in [6.07, 6.45) is 2.10. The summed E-state index contributed by atoms with van der Waals surface area (Å²) in [4.78, 5) is 4.68. The van der Waals surface area contributed by atoms with Crippen LogP contribution in [0.1, 0.15) is 27.8 Å². The number of hydrogen-bond acceptors (Lipinski definition) is 4. The Morgan fingerprint density at radius 3 is 2.41 bits per heavy atom. The molecular weight excluding hydrogens is 398 g/mol. The third kappa shape index (κ3) is 3.72. The molecule has 0 aliphatic heterocycles. The number of rotatable bonds is 5. The Hall–Kier alpha value is -3.70. The molecule has 0 atom stereocenters. The van der Waals surface area contributed by atoms with Crippen LogP contribution in [0.2, 0.25) is 0 Å². The van der Waals surface area contributed by atoms with Crippen LogP contribution in [0.5, 0.6) is 0 Å². The maximum absolute atomic E-state index is 9.26. The fourth-order valence-electron chi connectivity index (χ4n) is 4.02. The molecule has 5 aromatic rings. The van der Waals surface area contributed by atoms with E-state index in [-0.39, 0.29) is 6.61 Å². The molecule has 160 valence electrons. The Labute approximate surface area is 187 Å². The van der Waals surface area contributed by atoms with Crippen LogP contribution in [0.15, 0.2) is 71.4 Å². The van der Waals surface area contributed by atoms with Gasteiger partial charge in [-0.05, 0) is 55.2 Å². The molecule has 5 nitrogen and oxygen atoms in total. The number of aromatic nitrogens is 3. The first-order valence-electron chi connectivity index (χ1n) is 10.7. The Balaban J connectivity index is 1.56. The Bertz CT molecular complexity index is 1410. The van der Waals surface area contributed by atoms with Crippen LogP contribution >= 0.6 is 0 Å². The van der Waals surface area contributed by atoms with Crippen molar-refractivity contribution in [3.8, 4) is 22.8 Å². The largest absolute Gasteiger partial charge is 0.392 e. The molecule has 0 saturated heterocycles. The van der Waals surface area contributed by atoms with Crippen molar-refractivity contribution in [2.45, 2.75) is 33.9 Å². The van der Waals surface area contributed by atoms with Crippen LogP contribution in [0.25, 0.3) is 33.7 Å². The summed E-state index contributed by atoms with van der Waals surface area (Å²) < 4.78 is 7.93. The molecule has 0 amide bonds. The van der Waals surface area contributed by atoms with Crippen molar-refractivity contribution in [2.24, 2.45) is 0 Å². The maximum atomic E-state index is 9.26. The van der Waals surface area contributed by atoms with Crippen molar-refractivity contribution in [1.29, 1.82) is 0 Å². The van der Waals surface area contributed by atoms with Crippen LogP contribution in [0.4, 0.5) is 0 Å². The molecule has 0 aliphatic carbocycles. The highest BCUT2D eigenvalue weighted by Crippen LogP contribution is 2.32. The molecule has 0 spiro atoms. The number of benzene rings is 3. The quantitative estimate of drug-likeness (QED) is 0.387. The molecule has 0 unspecified atom stereocenters. The first kappa shape index (κ1) is 20.2. The molecule has 0 aliphatic rings. The van der Waals surface area contributed by atoms with Crippen molar-refractivity contribution < 1.29 is 9.63 Å². The average molecular weight is 424 g/mol. The molecule has 32 heavy (non-hydrogen) atoms. The van der Waals surface area contributed by atoms with E-state index in [1.165, 1.54) is 22.3 Å². The first-order chi connectivity index (χ1) is 15.5. The highest BCUT2D eigenvalue weighted by molar-refractivity contribution is 5.94. The summed E-state index contributed by atoms with van der Waals surface area (Å²) in [6, 6.07) is 20.6. The number of fused-ring (bicyclic) bond motifs is 1. The van der Waals surface area contributed by atoms with Crippen LogP contribution < -0.4 is 0 Å². The van der Waals surface area contributed by atoms with E-state index in [1.54, 1.807) is 0 Å². The molecule has 2 aromatic heterocycles. The summed E-state index contributed by atoms with van der Waals surface area (Å²) in [5, 5.41) is 14.6. The van der Waals surface area contributed by atoms with Gasteiger partial charge in [-0.2, -0.15) is 4.98 Å². The zero-order chi connectivity index (χ0) is 22.2. The maximum Gasteiger partial charge on any atom is 0.260 e. The fraction of sp³-hybridized carbons (Fsp3) is 0.185. The van der Waals surface area contributed by atoms with E-state index in [2.05, 4.69) is 78.1 Å². The van der Waals surface area contributed by atoms with E-state index in [0.29, 0.717) is 11.7 Å². The topological polar surface area (TPSA) is 64.1 Å². The normalized spacial score (nSPS) is 11.4. The Kier molecular flexibility index (Phi) is 5.11. The highest BCUT2D eigenvalue weighted by atomic mass is 16.5. The minimum Gasteiger partial charge on any atom is -0.392 e. The van der Waals surface area contributed by atoms with Gasteiger partial charge in [0.2, 0.25) is 5.82 Å². The fourth-order valence-corrected chi connectivity index (χ4v) is 4.02. The van der Waals surface area contributed by atoms with Gasteiger partial charge in [0.15, 0.2) is 0 Å². The molecule has 2 heterocycles. The third-order valence-corrected chi connectivity index (χ3v) is 6.01. The average Bonchev–Trinajstić information content (AvgIpc) is 3.41. The van der Waals surface area contributed by atoms with Gasteiger partial charge in [-0.3, -0.25) is 0 Å². The molecule has 5 rings (SSSR count). The van der Waals surface area contributed by atoms with Crippen LogP contribution in [-0.4, -0.2) is 19.8 Å². The van der Waals surface area contributed by atoms with Crippen molar-refractivity contribution in [3.05, 3.63) is 94.7 Å². The highest BCUT2D eigenvalue weighted by Gasteiger charge is 2.17. The van der Waals surface area contributed by atoms with Gasteiger partial charge >= 0.3 is 0 Å². The van der Waals surface area contributed by atoms with Gasteiger partial charge in [0.05, 0.1) is 12.2 Å². The van der Waals surface area contributed by atoms with Crippen molar-refractivity contribution in [1.82, 2.24) is 14.7 Å². The van der Waals surface area contributed by atoms with Gasteiger partial charge in [-0.15, -0.1) is 0 Å². The van der Waals surface area contributed by atoms with Crippen LogP contribution in [0.3, 0.4) is 0 Å². The summed E-state index contributed by atoms with van der Waals surface area (Å²) in [6.45, 7) is 7.15. The third-order valence-electron chi connectivity index (χ3n) is 6.01. The summed E-state index contributed by atoms with van der Waals surface area (Å²) in [5.41, 5.74) is 8.80. The molecule has 0 bridgehead atoms. The molecular formula is C27H25N3O2. The number of aryl methyl sites for hydroxylation is 3. The lowest BCUT2D eigenvalue weighted by molar-refractivity contribution is 0.282. The molecule has 0 saturated carbocycles. The number of nitrogens with zero attached hydrogens (tertiary/aromatic N) is 3. The van der Waals surface area contributed by atoms with Gasteiger partial charge < -0.3 is 14.2 Å². The van der Waals surface area contributed by atoms with Gasteiger partial charge in [0, 0.05) is 29.2 Å². The van der Waals surface area contributed by atoms with Gasteiger partial charge in [0.25, 0.3) is 5.89 Å². The van der Waals surface area contributed by atoms with E-state index in [0.717, 1.165) is 34.1 Å².